The molecule has 0 aliphatic heterocycles. The fourth-order valence-corrected chi connectivity index (χ4v) is 1.73. The van der Waals surface area contributed by atoms with E-state index >= 15 is 0 Å². The number of methoxy groups -OCH3 is 1. The summed E-state index contributed by atoms with van der Waals surface area (Å²) in [4.78, 5) is 0. The van der Waals surface area contributed by atoms with E-state index in [0.717, 1.165) is 11.3 Å². The van der Waals surface area contributed by atoms with Crippen molar-refractivity contribution in [3.8, 4) is 17.2 Å². The first kappa shape index (κ1) is 13.2. The molecule has 1 atom stereocenters. The van der Waals surface area contributed by atoms with E-state index in [0.29, 0.717) is 12.4 Å². The van der Waals surface area contributed by atoms with E-state index in [9.17, 15) is 5.11 Å². The Morgan fingerprint density at radius 2 is 1.84 bits per heavy atom. The van der Waals surface area contributed by atoms with E-state index in [1.165, 1.54) is 0 Å². The number of hydrogen-bond donors (Lipinski definition) is 2. The molecule has 0 fully saturated rings. The van der Waals surface area contributed by atoms with Crippen molar-refractivity contribution in [1.29, 1.82) is 0 Å². The number of hydrogen-bond acceptors (Lipinski definition) is 4. The molecular formula is C15H17NO3. The van der Waals surface area contributed by atoms with Gasteiger partial charge in [0.25, 0.3) is 0 Å². The Morgan fingerprint density at radius 3 is 2.58 bits per heavy atom. The van der Waals surface area contributed by atoms with Crippen molar-refractivity contribution in [3.05, 3.63) is 54.1 Å². The van der Waals surface area contributed by atoms with Crippen LogP contribution in [0, 0.1) is 0 Å². The van der Waals surface area contributed by atoms with Crippen molar-refractivity contribution in [2.24, 2.45) is 5.73 Å². The molecule has 3 N–H and O–H groups in total. The van der Waals surface area contributed by atoms with Gasteiger partial charge < -0.3 is 20.3 Å². The highest BCUT2D eigenvalue weighted by Crippen LogP contribution is 2.21. The largest absolute Gasteiger partial charge is 0.508 e. The third-order valence-corrected chi connectivity index (χ3v) is 2.77. The quantitative estimate of drug-likeness (QED) is 0.865. The van der Waals surface area contributed by atoms with Crippen molar-refractivity contribution >= 4 is 0 Å². The lowest BCUT2D eigenvalue weighted by Crippen LogP contribution is -2.19. The smallest absolute Gasteiger partial charge is 0.123 e. The van der Waals surface area contributed by atoms with Gasteiger partial charge in [-0.1, -0.05) is 18.2 Å². The summed E-state index contributed by atoms with van der Waals surface area (Å²) in [6, 6.07) is 14.0. The fourth-order valence-electron chi connectivity index (χ4n) is 1.73. The molecule has 100 valence electrons. The van der Waals surface area contributed by atoms with Gasteiger partial charge in [0.15, 0.2) is 0 Å². The maximum absolute atomic E-state index is 9.34. The van der Waals surface area contributed by atoms with Gasteiger partial charge in [-0.25, -0.2) is 0 Å². The van der Waals surface area contributed by atoms with Crippen LogP contribution in [0.15, 0.2) is 48.5 Å². The molecule has 4 nitrogen and oxygen atoms in total. The van der Waals surface area contributed by atoms with Crippen molar-refractivity contribution in [3.63, 3.8) is 0 Å². The number of phenols is 1. The molecular weight excluding hydrogens is 242 g/mol. The second kappa shape index (κ2) is 6.11. The van der Waals surface area contributed by atoms with Crippen LogP contribution in [0.25, 0.3) is 0 Å². The summed E-state index contributed by atoms with van der Waals surface area (Å²) in [5.74, 6) is 1.54. The zero-order chi connectivity index (χ0) is 13.7. The predicted molar refractivity (Wildman–Crippen MR) is 73.5 cm³/mol. The summed E-state index contributed by atoms with van der Waals surface area (Å²) >= 11 is 0. The van der Waals surface area contributed by atoms with Crippen molar-refractivity contribution in [1.82, 2.24) is 0 Å². The van der Waals surface area contributed by atoms with E-state index in [1.54, 1.807) is 31.4 Å². The van der Waals surface area contributed by atoms with Gasteiger partial charge in [-0.2, -0.15) is 0 Å². The average Bonchev–Trinajstić information content (AvgIpc) is 2.45. The average molecular weight is 259 g/mol. The summed E-state index contributed by atoms with van der Waals surface area (Å²) in [7, 11) is 1.62. The lowest BCUT2D eigenvalue weighted by Gasteiger charge is -2.14. The van der Waals surface area contributed by atoms with Crippen LogP contribution in [0.3, 0.4) is 0 Å². The molecule has 1 unspecified atom stereocenters. The maximum atomic E-state index is 9.34. The second-order valence-corrected chi connectivity index (χ2v) is 4.19. The van der Waals surface area contributed by atoms with Crippen molar-refractivity contribution in [2.75, 3.05) is 13.7 Å². The highest BCUT2D eigenvalue weighted by molar-refractivity contribution is 5.33. The van der Waals surface area contributed by atoms with Gasteiger partial charge in [0.1, 0.15) is 23.9 Å². The maximum Gasteiger partial charge on any atom is 0.123 e. The van der Waals surface area contributed by atoms with E-state index < -0.39 is 0 Å². The highest BCUT2D eigenvalue weighted by atomic mass is 16.5. The van der Waals surface area contributed by atoms with Gasteiger partial charge in [-0.15, -0.1) is 0 Å². The Kier molecular flexibility index (Phi) is 4.26. The zero-order valence-electron chi connectivity index (χ0n) is 10.7. The molecule has 2 rings (SSSR count). The van der Waals surface area contributed by atoms with E-state index in [4.69, 9.17) is 15.2 Å². The third kappa shape index (κ3) is 3.63. The summed E-state index contributed by atoms with van der Waals surface area (Å²) in [6.45, 7) is 0.330. The van der Waals surface area contributed by atoms with Crippen molar-refractivity contribution in [2.45, 2.75) is 6.04 Å². The third-order valence-electron chi connectivity index (χ3n) is 2.77. The first-order valence-corrected chi connectivity index (χ1v) is 6.00. The molecule has 2 aromatic rings. The molecule has 0 heterocycles. The van der Waals surface area contributed by atoms with Gasteiger partial charge in [-0.3, -0.25) is 0 Å². The monoisotopic (exact) mass is 259 g/mol. The van der Waals surface area contributed by atoms with E-state index in [2.05, 4.69) is 0 Å². The van der Waals surface area contributed by atoms with Crippen LogP contribution < -0.4 is 15.2 Å². The number of phenolic OH excluding ortho intramolecular Hbond substituents is 1. The summed E-state index contributed by atoms with van der Waals surface area (Å²) in [6.07, 6.45) is 0. The number of benzene rings is 2. The Bertz CT molecular complexity index is 542. The molecule has 2 aromatic carbocycles. The summed E-state index contributed by atoms with van der Waals surface area (Å²) in [5.41, 5.74) is 7.01. The molecule has 0 radical (unpaired) electrons. The minimum Gasteiger partial charge on any atom is -0.508 e. The minimum atomic E-state index is -0.252. The molecule has 4 heteroatoms. The van der Waals surface area contributed by atoms with E-state index in [1.807, 2.05) is 24.3 Å². The van der Waals surface area contributed by atoms with Crippen LogP contribution in [-0.4, -0.2) is 18.8 Å². The predicted octanol–water partition coefficient (Wildman–Crippen LogP) is 2.48. The molecule has 0 aliphatic carbocycles. The van der Waals surface area contributed by atoms with Crippen LogP contribution in [0.4, 0.5) is 0 Å². The lowest BCUT2D eigenvalue weighted by molar-refractivity contribution is 0.289. The van der Waals surface area contributed by atoms with Crippen LogP contribution in [0.1, 0.15) is 11.6 Å². The van der Waals surface area contributed by atoms with Gasteiger partial charge in [0, 0.05) is 6.07 Å². The first-order valence-electron chi connectivity index (χ1n) is 6.00. The molecule has 0 bridgehead atoms. The summed E-state index contributed by atoms with van der Waals surface area (Å²) < 4.78 is 10.7. The standard InChI is InChI=1S/C15H17NO3/c1-18-13-6-2-4-11(8-13)15(16)10-19-14-7-3-5-12(17)9-14/h2-9,15,17H,10,16H2,1H3. The second-order valence-electron chi connectivity index (χ2n) is 4.19. The molecule has 0 amide bonds. The molecule has 0 spiro atoms. The minimum absolute atomic E-state index is 0.174. The van der Waals surface area contributed by atoms with Crippen LogP contribution in [0.5, 0.6) is 17.2 Å². The summed E-state index contributed by atoms with van der Waals surface area (Å²) in [5, 5.41) is 9.34. The number of rotatable bonds is 5. The normalized spacial score (nSPS) is 11.9. The Balaban J connectivity index is 1.99. The number of nitrogens with two attached hydrogens (primary N) is 1. The Morgan fingerprint density at radius 1 is 1.11 bits per heavy atom. The van der Waals surface area contributed by atoms with Gasteiger partial charge in [0.2, 0.25) is 0 Å². The topological polar surface area (TPSA) is 64.7 Å². The van der Waals surface area contributed by atoms with Crippen molar-refractivity contribution < 1.29 is 14.6 Å². The molecule has 0 saturated carbocycles. The number of aromatic hydroxyl groups is 1. The lowest BCUT2D eigenvalue weighted by atomic mass is 10.1. The zero-order valence-corrected chi connectivity index (χ0v) is 10.7. The van der Waals surface area contributed by atoms with Crippen LogP contribution in [0.2, 0.25) is 0 Å². The van der Waals surface area contributed by atoms with Crippen LogP contribution in [-0.2, 0) is 0 Å². The first-order chi connectivity index (χ1) is 9.19. The SMILES string of the molecule is COc1cccc(C(N)COc2cccc(O)c2)c1. The van der Waals surface area contributed by atoms with E-state index in [-0.39, 0.29) is 11.8 Å². The highest BCUT2D eigenvalue weighted by Gasteiger charge is 2.08. The molecule has 19 heavy (non-hydrogen) atoms. The molecule has 0 aliphatic rings. The number of ether oxygens (including phenoxy) is 2. The van der Waals surface area contributed by atoms with Gasteiger partial charge in [-0.05, 0) is 29.8 Å². The van der Waals surface area contributed by atoms with Gasteiger partial charge in [0.05, 0.1) is 13.2 Å². The fraction of sp³-hybridized carbons (Fsp3) is 0.200. The molecule has 0 saturated heterocycles. The Labute approximate surface area is 112 Å². The van der Waals surface area contributed by atoms with Gasteiger partial charge >= 0.3 is 0 Å². The van der Waals surface area contributed by atoms with Crippen LogP contribution >= 0.6 is 0 Å². The molecule has 0 aromatic heterocycles. The Hall–Kier alpha value is -2.20.